The molecule has 0 aromatic carbocycles. The Bertz CT molecular complexity index is 686. The third kappa shape index (κ3) is 3.37. The zero-order valence-corrected chi connectivity index (χ0v) is 19.3. The number of nitrogens with one attached hydrogen (secondary N) is 2. The number of amides is 3. The van der Waals surface area contributed by atoms with Crippen molar-refractivity contribution in [1.29, 1.82) is 0 Å². The Kier molecular flexibility index (Phi) is 4.98. The lowest BCUT2D eigenvalue weighted by Gasteiger charge is -2.61. The van der Waals surface area contributed by atoms with Crippen LogP contribution < -0.4 is 10.6 Å². The van der Waals surface area contributed by atoms with Crippen molar-refractivity contribution < 1.29 is 9.59 Å². The zero-order chi connectivity index (χ0) is 21.2. The number of carbonyl (C=O) groups excluding carboxylic acids is 2. The van der Waals surface area contributed by atoms with E-state index in [4.69, 9.17) is 0 Å². The predicted octanol–water partition coefficient (Wildman–Crippen LogP) is 4.32. The van der Waals surface area contributed by atoms with Gasteiger partial charge in [-0.15, -0.1) is 0 Å². The van der Waals surface area contributed by atoms with Gasteiger partial charge in [-0.25, -0.2) is 4.79 Å². The van der Waals surface area contributed by atoms with Crippen molar-refractivity contribution >= 4 is 11.9 Å². The Balaban J connectivity index is 1.51. The number of carbonyl (C=O) groups is 2. The molecule has 4 rings (SSSR count). The smallest absolute Gasteiger partial charge is 0.315 e. The molecule has 0 radical (unpaired) electrons. The quantitative estimate of drug-likeness (QED) is 0.685. The van der Waals surface area contributed by atoms with E-state index in [1.54, 1.807) is 0 Å². The summed E-state index contributed by atoms with van der Waals surface area (Å²) in [5, 5.41) is 6.43. The van der Waals surface area contributed by atoms with Gasteiger partial charge in [0.05, 0.1) is 0 Å². The fraction of sp³-hybridized carbons (Fsp3) is 0.917. The maximum absolute atomic E-state index is 12.6. The van der Waals surface area contributed by atoms with Gasteiger partial charge in [0.25, 0.3) is 0 Å². The molecule has 164 valence electrons. The molecule has 2 N–H and O–H groups in total. The van der Waals surface area contributed by atoms with Gasteiger partial charge in [-0.05, 0) is 94.3 Å². The third-order valence-corrected chi connectivity index (χ3v) is 9.35. The highest BCUT2D eigenvalue weighted by atomic mass is 16.2. The Morgan fingerprint density at radius 2 is 1.69 bits per heavy atom. The van der Waals surface area contributed by atoms with Crippen LogP contribution in [0.1, 0.15) is 86.0 Å². The summed E-state index contributed by atoms with van der Waals surface area (Å²) in [5.74, 6) is 2.49. The molecular formula is C24H41N3O2. The van der Waals surface area contributed by atoms with E-state index in [0.29, 0.717) is 24.3 Å². The summed E-state index contributed by atoms with van der Waals surface area (Å²) in [6.45, 7) is 11.0. The Labute approximate surface area is 176 Å². The Hall–Kier alpha value is -1.26. The van der Waals surface area contributed by atoms with Crippen LogP contribution >= 0.6 is 0 Å². The van der Waals surface area contributed by atoms with Crippen molar-refractivity contribution in [3.05, 3.63) is 0 Å². The zero-order valence-electron chi connectivity index (χ0n) is 19.3. The lowest BCUT2D eigenvalue weighted by Crippen LogP contribution is -2.62. The number of hydrogen-bond acceptors (Lipinski definition) is 2. The van der Waals surface area contributed by atoms with Crippen LogP contribution in [0.25, 0.3) is 0 Å². The van der Waals surface area contributed by atoms with Crippen molar-refractivity contribution in [3.8, 4) is 0 Å². The summed E-state index contributed by atoms with van der Waals surface area (Å²) in [4.78, 5) is 26.9. The molecule has 3 saturated carbocycles. The molecule has 1 saturated heterocycles. The molecule has 3 amide bonds. The van der Waals surface area contributed by atoms with E-state index < -0.39 is 0 Å². The number of piperidine rings is 1. The van der Waals surface area contributed by atoms with E-state index in [2.05, 4.69) is 29.4 Å². The SMILES string of the molecule is CN1C(=O)CC[C@@]2(C)C1CC[C@@H]1[C@H]2CC[C@]2(C)C(NC(=O)NC(C)(C)C)CC[C@@H]12. The molecule has 4 aliphatic rings. The van der Waals surface area contributed by atoms with E-state index in [0.717, 1.165) is 31.1 Å². The van der Waals surface area contributed by atoms with Crippen LogP contribution in [0.5, 0.6) is 0 Å². The lowest BCUT2D eigenvalue weighted by atomic mass is 9.47. The van der Waals surface area contributed by atoms with Crippen molar-refractivity contribution in [2.75, 3.05) is 7.05 Å². The lowest BCUT2D eigenvalue weighted by molar-refractivity contribution is -0.157. The van der Waals surface area contributed by atoms with Crippen LogP contribution in [0.2, 0.25) is 0 Å². The number of fused-ring (bicyclic) bond motifs is 5. The van der Waals surface area contributed by atoms with Gasteiger partial charge in [-0.1, -0.05) is 13.8 Å². The molecule has 0 aromatic heterocycles. The summed E-state index contributed by atoms with van der Waals surface area (Å²) < 4.78 is 0. The van der Waals surface area contributed by atoms with Gasteiger partial charge in [0, 0.05) is 31.1 Å². The maximum atomic E-state index is 12.6. The van der Waals surface area contributed by atoms with Gasteiger partial charge in [-0.3, -0.25) is 4.79 Å². The predicted molar refractivity (Wildman–Crippen MR) is 115 cm³/mol. The minimum atomic E-state index is -0.210. The number of rotatable bonds is 1. The second-order valence-corrected chi connectivity index (χ2v) is 12.0. The van der Waals surface area contributed by atoms with Gasteiger partial charge in [-0.2, -0.15) is 0 Å². The van der Waals surface area contributed by atoms with Crippen molar-refractivity contribution in [2.24, 2.45) is 28.6 Å². The van der Waals surface area contributed by atoms with Gasteiger partial charge < -0.3 is 15.5 Å². The van der Waals surface area contributed by atoms with Crippen LogP contribution in [-0.4, -0.2) is 41.5 Å². The minimum Gasteiger partial charge on any atom is -0.342 e. The molecule has 29 heavy (non-hydrogen) atoms. The monoisotopic (exact) mass is 403 g/mol. The Morgan fingerprint density at radius 1 is 1.00 bits per heavy atom. The highest BCUT2D eigenvalue weighted by Crippen LogP contribution is 2.64. The molecule has 0 bridgehead atoms. The standard InChI is InChI=1S/C24H41N3O2/c1-22(2,3)26-21(29)25-18-9-8-16-15-7-10-19-24(5,14-12-20(28)27(19)6)17(15)11-13-23(16,18)4/h15-19H,7-14H2,1-6H3,(H2,25,26,29)/t15-,16-,17+,18?,19?,23-,24+/m0/s1. The number of likely N-dealkylation sites (tertiary alicyclic amines) is 1. The number of urea groups is 1. The average molecular weight is 404 g/mol. The van der Waals surface area contributed by atoms with E-state index in [1.807, 2.05) is 27.8 Å². The summed E-state index contributed by atoms with van der Waals surface area (Å²) in [6.07, 6.45) is 8.92. The fourth-order valence-corrected chi connectivity index (χ4v) is 7.92. The van der Waals surface area contributed by atoms with Crippen LogP contribution in [0, 0.1) is 28.6 Å². The highest BCUT2D eigenvalue weighted by molar-refractivity contribution is 5.77. The van der Waals surface area contributed by atoms with Crippen molar-refractivity contribution in [3.63, 3.8) is 0 Å². The molecule has 2 unspecified atom stereocenters. The summed E-state index contributed by atoms with van der Waals surface area (Å²) in [6, 6.07) is 0.675. The first-order chi connectivity index (χ1) is 13.5. The highest BCUT2D eigenvalue weighted by Gasteiger charge is 2.61. The van der Waals surface area contributed by atoms with Gasteiger partial charge in [0.15, 0.2) is 0 Å². The topological polar surface area (TPSA) is 61.4 Å². The normalized spacial score (nSPS) is 44.6. The summed E-state index contributed by atoms with van der Waals surface area (Å²) in [5.41, 5.74) is 0.260. The molecule has 0 aromatic rings. The van der Waals surface area contributed by atoms with Crippen LogP contribution in [0.3, 0.4) is 0 Å². The van der Waals surface area contributed by atoms with Crippen molar-refractivity contribution in [1.82, 2.24) is 15.5 Å². The molecule has 7 atom stereocenters. The molecule has 5 heteroatoms. The molecule has 1 aliphatic heterocycles. The number of nitrogens with zero attached hydrogens (tertiary/aromatic N) is 1. The first-order valence-corrected chi connectivity index (χ1v) is 11.8. The van der Waals surface area contributed by atoms with Crippen LogP contribution in [-0.2, 0) is 4.79 Å². The van der Waals surface area contributed by atoms with E-state index >= 15 is 0 Å². The van der Waals surface area contributed by atoms with Crippen LogP contribution in [0.4, 0.5) is 4.79 Å². The minimum absolute atomic E-state index is 0.0189. The van der Waals surface area contributed by atoms with E-state index in [-0.39, 0.29) is 28.4 Å². The Morgan fingerprint density at radius 3 is 2.38 bits per heavy atom. The first kappa shape index (κ1) is 21.0. The summed E-state index contributed by atoms with van der Waals surface area (Å²) in [7, 11) is 2.03. The molecule has 0 spiro atoms. The van der Waals surface area contributed by atoms with E-state index in [1.165, 1.54) is 25.7 Å². The molecular weight excluding hydrogens is 362 g/mol. The summed E-state index contributed by atoms with van der Waals surface area (Å²) >= 11 is 0. The molecule has 1 heterocycles. The molecule has 3 aliphatic carbocycles. The number of hydrogen-bond donors (Lipinski definition) is 2. The molecule has 5 nitrogen and oxygen atoms in total. The fourth-order valence-electron chi connectivity index (χ4n) is 7.92. The van der Waals surface area contributed by atoms with Gasteiger partial charge >= 0.3 is 6.03 Å². The van der Waals surface area contributed by atoms with Gasteiger partial charge in [0.2, 0.25) is 5.91 Å². The third-order valence-electron chi connectivity index (χ3n) is 9.35. The van der Waals surface area contributed by atoms with Crippen LogP contribution in [0.15, 0.2) is 0 Å². The van der Waals surface area contributed by atoms with E-state index in [9.17, 15) is 9.59 Å². The van der Waals surface area contributed by atoms with Crippen molar-refractivity contribution in [2.45, 2.75) is 104 Å². The average Bonchev–Trinajstić information content (AvgIpc) is 2.93. The second kappa shape index (κ2) is 6.88. The maximum Gasteiger partial charge on any atom is 0.315 e. The second-order valence-electron chi connectivity index (χ2n) is 12.0. The molecule has 4 fully saturated rings. The largest absolute Gasteiger partial charge is 0.342 e. The van der Waals surface area contributed by atoms with Gasteiger partial charge in [0.1, 0.15) is 0 Å². The first-order valence-electron chi connectivity index (χ1n) is 11.8.